The highest BCUT2D eigenvalue weighted by molar-refractivity contribution is 5.98. The van der Waals surface area contributed by atoms with Crippen LogP contribution in [0.4, 0.5) is 0 Å². The van der Waals surface area contributed by atoms with Crippen LogP contribution in [-0.2, 0) is 19.1 Å². The summed E-state index contributed by atoms with van der Waals surface area (Å²) < 4.78 is 4.86. The van der Waals surface area contributed by atoms with Crippen LogP contribution in [0, 0.1) is 0 Å². The van der Waals surface area contributed by atoms with Crippen molar-refractivity contribution in [2.45, 2.75) is 32.7 Å². The van der Waals surface area contributed by atoms with Gasteiger partial charge in [-0.15, -0.1) is 0 Å². The summed E-state index contributed by atoms with van der Waals surface area (Å²) in [6.45, 7) is 3.00. The molecule has 0 aliphatic rings. The molecule has 0 radical (unpaired) electrons. The van der Waals surface area contributed by atoms with E-state index >= 15 is 0 Å². The normalized spacial score (nSPS) is 11.9. The maximum Gasteiger partial charge on any atom is 0.217 e. The van der Waals surface area contributed by atoms with Gasteiger partial charge in [0.25, 0.3) is 0 Å². The van der Waals surface area contributed by atoms with E-state index in [0.29, 0.717) is 0 Å². The molecule has 1 N–H and O–H groups in total. The van der Waals surface area contributed by atoms with Crippen LogP contribution < -0.4 is 5.32 Å². The molecule has 0 aliphatic heterocycles. The summed E-state index contributed by atoms with van der Waals surface area (Å²) in [6.07, 6.45) is 0.0484. The Labute approximate surface area is 89.2 Å². The standard InChI is InChI=1S/C10H17NO4/c1-7(12)4-10(14)5-9(6-15-3)11-8(2)13/h9H,4-6H2,1-3H3,(H,11,13)/t9-/m0/s1. The summed E-state index contributed by atoms with van der Waals surface area (Å²) in [4.78, 5) is 32.8. The van der Waals surface area contributed by atoms with Gasteiger partial charge in [-0.05, 0) is 6.92 Å². The predicted octanol–water partition coefficient (Wildman–Crippen LogP) is 0.0758. The Balaban J connectivity index is 4.08. The largest absolute Gasteiger partial charge is 0.383 e. The predicted molar refractivity (Wildman–Crippen MR) is 54.4 cm³/mol. The zero-order valence-electron chi connectivity index (χ0n) is 9.33. The molecule has 0 aromatic heterocycles. The molecule has 5 nitrogen and oxygen atoms in total. The van der Waals surface area contributed by atoms with Crippen LogP contribution in [0.25, 0.3) is 0 Å². The van der Waals surface area contributed by atoms with Crippen LogP contribution >= 0.6 is 0 Å². The van der Waals surface area contributed by atoms with Crippen molar-refractivity contribution in [2.75, 3.05) is 13.7 Å². The molecule has 0 heterocycles. The Morgan fingerprint density at radius 1 is 1.27 bits per heavy atom. The Kier molecular flexibility index (Phi) is 6.53. The number of hydrogen-bond donors (Lipinski definition) is 1. The summed E-state index contributed by atoms with van der Waals surface area (Å²) in [6, 6.07) is -0.348. The van der Waals surface area contributed by atoms with Crippen molar-refractivity contribution in [3.8, 4) is 0 Å². The fraction of sp³-hybridized carbons (Fsp3) is 0.700. The van der Waals surface area contributed by atoms with Gasteiger partial charge in [0.1, 0.15) is 11.6 Å². The average Bonchev–Trinajstić information content (AvgIpc) is 2.00. The number of carbonyl (C=O) groups is 3. The highest BCUT2D eigenvalue weighted by atomic mass is 16.5. The molecule has 0 unspecified atom stereocenters. The SMILES string of the molecule is COC[C@H](CC(=O)CC(C)=O)NC(C)=O. The first kappa shape index (κ1) is 13.8. The maximum absolute atomic E-state index is 11.3. The van der Waals surface area contributed by atoms with Gasteiger partial charge in [0.05, 0.1) is 19.1 Å². The second kappa shape index (κ2) is 7.11. The van der Waals surface area contributed by atoms with Crippen LogP contribution in [0.5, 0.6) is 0 Å². The molecule has 0 saturated carbocycles. The molecule has 86 valence electrons. The van der Waals surface area contributed by atoms with Crippen molar-refractivity contribution in [1.82, 2.24) is 5.32 Å². The van der Waals surface area contributed by atoms with Gasteiger partial charge in [-0.3, -0.25) is 14.4 Å². The Bertz CT molecular complexity index is 250. The summed E-state index contributed by atoms with van der Waals surface area (Å²) in [5, 5.41) is 2.59. The molecule has 0 aliphatic carbocycles. The van der Waals surface area contributed by atoms with E-state index in [1.54, 1.807) is 0 Å². The van der Waals surface area contributed by atoms with Gasteiger partial charge < -0.3 is 10.1 Å². The van der Waals surface area contributed by atoms with Crippen LogP contribution in [0.3, 0.4) is 0 Å². The minimum absolute atomic E-state index is 0.0835. The molecule has 0 spiro atoms. The van der Waals surface area contributed by atoms with E-state index in [2.05, 4.69) is 5.32 Å². The molecular formula is C10H17NO4. The third-order valence-electron chi connectivity index (χ3n) is 1.70. The lowest BCUT2D eigenvalue weighted by molar-refractivity contribution is -0.126. The highest BCUT2D eigenvalue weighted by Crippen LogP contribution is 1.98. The second-order valence-electron chi connectivity index (χ2n) is 3.47. The fourth-order valence-corrected chi connectivity index (χ4v) is 1.26. The lowest BCUT2D eigenvalue weighted by atomic mass is 10.1. The zero-order valence-corrected chi connectivity index (χ0v) is 9.33. The third kappa shape index (κ3) is 7.81. The molecule has 1 atom stereocenters. The number of methoxy groups -OCH3 is 1. The molecule has 0 aromatic carbocycles. The lowest BCUT2D eigenvalue weighted by Gasteiger charge is -2.15. The van der Waals surface area contributed by atoms with Crippen molar-refractivity contribution < 1.29 is 19.1 Å². The van der Waals surface area contributed by atoms with Crippen molar-refractivity contribution in [3.63, 3.8) is 0 Å². The molecular weight excluding hydrogens is 198 g/mol. The van der Waals surface area contributed by atoms with Gasteiger partial charge in [-0.1, -0.05) is 0 Å². The molecule has 15 heavy (non-hydrogen) atoms. The monoisotopic (exact) mass is 215 g/mol. The number of nitrogens with one attached hydrogen (secondary N) is 1. The van der Waals surface area contributed by atoms with E-state index < -0.39 is 0 Å². The topological polar surface area (TPSA) is 72.5 Å². The lowest BCUT2D eigenvalue weighted by Crippen LogP contribution is -2.38. The molecule has 0 rings (SSSR count). The summed E-state index contributed by atoms with van der Waals surface area (Å²) in [5.41, 5.74) is 0. The van der Waals surface area contributed by atoms with Crippen LogP contribution in [0.15, 0.2) is 0 Å². The molecule has 0 fully saturated rings. The number of ketones is 2. The summed E-state index contributed by atoms with van der Waals surface area (Å²) >= 11 is 0. The second-order valence-corrected chi connectivity index (χ2v) is 3.47. The van der Waals surface area contributed by atoms with E-state index in [1.807, 2.05) is 0 Å². The zero-order chi connectivity index (χ0) is 11.8. The Hall–Kier alpha value is -1.23. The first-order valence-corrected chi connectivity index (χ1v) is 4.73. The van der Waals surface area contributed by atoms with Gasteiger partial charge >= 0.3 is 0 Å². The third-order valence-corrected chi connectivity index (χ3v) is 1.70. The van der Waals surface area contributed by atoms with Gasteiger partial charge in [-0.2, -0.15) is 0 Å². The van der Waals surface area contributed by atoms with Gasteiger partial charge in [0.15, 0.2) is 0 Å². The van der Waals surface area contributed by atoms with Crippen molar-refractivity contribution in [2.24, 2.45) is 0 Å². The minimum atomic E-state index is -0.348. The van der Waals surface area contributed by atoms with Gasteiger partial charge in [0, 0.05) is 20.5 Å². The fourth-order valence-electron chi connectivity index (χ4n) is 1.26. The van der Waals surface area contributed by atoms with Crippen LogP contribution in [0.1, 0.15) is 26.7 Å². The number of carbonyl (C=O) groups excluding carboxylic acids is 3. The van der Waals surface area contributed by atoms with Crippen LogP contribution in [0.2, 0.25) is 0 Å². The summed E-state index contributed by atoms with van der Waals surface area (Å²) in [7, 11) is 1.49. The average molecular weight is 215 g/mol. The van der Waals surface area contributed by atoms with E-state index in [0.717, 1.165) is 0 Å². The first-order valence-electron chi connectivity index (χ1n) is 4.73. The minimum Gasteiger partial charge on any atom is -0.383 e. The van der Waals surface area contributed by atoms with Crippen molar-refractivity contribution in [1.29, 1.82) is 0 Å². The highest BCUT2D eigenvalue weighted by Gasteiger charge is 2.15. The molecule has 1 amide bonds. The van der Waals surface area contributed by atoms with Gasteiger partial charge in [0.2, 0.25) is 5.91 Å². The molecule has 0 bridgehead atoms. The number of ether oxygens (including phenoxy) is 1. The van der Waals surface area contributed by atoms with Gasteiger partial charge in [-0.25, -0.2) is 0 Å². The van der Waals surface area contributed by atoms with Crippen molar-refractivity contribution >= 4 is 17.5 Å². The van der Waals surface area contributed by atoms with Crippen molar-refractivity contribution in [3.05, 3.63) is 0 Å². The molecule has 0 saturated heterocycles. The first-order chi connectivity index (χ1) is 6.95. The maximum atomic E-state index is 11.3. The van der Waals surface area contributed by atoms with E-state index in [-0.39, 0.29) is 43.0 Å². The number of hydrogen-bond acceptors (Lipinski definition) is 4. The Morgan fingerprint density at radius 2 is 1.87 bits per heavy atom. The smallest absolute Gasteiger partial charge is 0.217 e. The molecule has 0 aromatic rings. The van der Waals surface area contributed by atoms with Crippen LogP contribution in [-0.4, -0.2) is 37.2 Å². The van der Waals surface area contributed by atoms with E-state index in [4.69, 9.17) is 4.74 Å². The Morgan fingerprint density at radius 3 is 2.27 bits per heavy atom. The number of Topliss-reactive ketones (excluding diaryl/α,β-unsaturated/α-hetero) is 2. The number of amides is 1. The number of rotatable bonds is 7. The molecule has 5 heteroatoms. The van der Waals surface area contributed by atoms with E-state index in [1.165, 1.54) is 21.0 Å². The van der Waals surface area contributed by atoms with E-state index in [9.17, 15) is 14.4 Å². The quantitative estimate of drug-likeness (QED) is 0.610. The summed E-state index contributed by atoms with van der Waals surface area (Å²) in [5.74, 6) is -0.565.